The highest BCUT2D eigenvalue weighted by molar-refractivity contribution is 7.14. The van der Waals surface area contributed by atoms with Crippen LogP contribution in [0.2, 0.25) is 0 Å². The summed E-state index contributed by atoms with van der Waals surface area (Å²) in [6.45, 7) is 1.37. The van der Waals surface area contributed by atoms with Gasteiger partial charge in [0.05, 0.1) is 0 Å². The van der Waals surface area contributed by atoms with Crippen LogP contribution < -0.4 is 4.90 Å². The molecular formula is C11H9N3O3S. The molecule has 0 saturated heterocycles. The predicted octanol–water partition coefficient (Wildman–Crippen LogP) is 1.92. The number of carbonyl (C=O) groups is 2. The summed E-state index contributed by atoms with van der Waals surface area (Å²) < 4.78 is 0. The van der Waals surface area contributed by atoms with Gasteiger partial charge in [0.2, 0.25) is 5.91 Å². The van der Waals surface area contributed by atoms with Gasteiger partial charge in [-0.15, -0.1) is 11.3 Å². The Labute approximate surface area is 107 Å². The van der Waals surface area contributed by atoms with Crippen LogP contribution in [0.3, 0.4) is 0 Å². The maximum Gasteiger partial charge on any atom is 0.355 e. The molecule has 2 aromatic heterocycles. The van der Waals surface area contributed by atoms with Gasteiger partial charge in [0.1, 0.15) is 5.82 Å². The quantitative estimate of drug-likeness (QED) is 0.914. The van der Waals surface area contributed by atoms with Crippen LogP contribution in [0.1, 0.15) is 17.4 Å². The maximum absolute atomic E-state index is 11.6. The zero-order valence-electron chi connectivity index (χ0n) is 9.40. The van der Waals surface area contributed by atoms with Crippen LogP contribution in [0.15, 0.2) is 29.8 Å². The van der Waals surface area contributed by atoms with Gasteiger partial charge in [0.15, 0.2) is 10.8 Å². The summed E-state index contributed by atoms with van der Waals surface area (Å²) in [4.78, 5) is 31.6. The topological polar surface area (TPSA) is 83.4 Å². The second-order valence-electron chi connectivity index (χ2n) is 3.36. The van der Waals surface area contributed by atoms with Crippen LogP contribution in [0.4, 0.5) is 10.9 Å². The Bertz CT molecular complexity index is 582. The third-order valence-electron chi connectivity index (χ3n) is 2.10. The molecule has 1 amide bonds. The van der Waals surface area contributed by atoms with Gasteiger partial charge in [0, 0.05) is 18.5 Å². The van der Waals surface area contributed by atoms with E-state index in [4.69, 9.17) is 5.11 Å². The standard InChI is InChI=1S/C11H9N3O3S/c1-7(15)14(9-4-2-3-5-12-9)11-13-8(6-18-11)10(16)17/h2-6H,1H3,(H,16,17). The third-order valence-corrected chi connectivity index (χ3v) is 2.92. The van der Waals surface area contributed by atoms with Crippen molar-refractivity contribution in [1.29, 1.82) is 0 Å². The van der Waals surface area contributed by atoms with Crippen molar-refractivity contribution < 1.29 is 14.7 Å². The number of carbonyl (C=O) groups excluding carboxylic acids is 1. The van der Waals surface area contributed by atoms with Gasteiger partial charge >= 0.3 is 5.97 Å². The molecule has 0 atom stereocenters. The molecule has 2 rings (SSSR count). The Kier molecular flexibility index (Phi) is 3.33. The maximum atomic E-state index is 11.6. The molecule has 0 unspecified atom stereocenters. The van der Waals surface area contributed by atoms with Crippen LogP contribution in [-0.2, 0) is 4.79 Å². The summed E-state index contributed by atoms with van der Waals surface area (Å²) in [5.74, 6) is -0.988. The van der Waals surface area contributed by atoms with Gasteiger partial charge in [0.25, 0.3) is 0 Å². The molecule has 0 saturated carbocycles. The lowest BCUT2D eigenvalue weighted by Gasteiger charge is -2.16. The van der Waals surface area contributed by atoms with Gasteiger partial charge in [-0.1, -0.05) is 6.07 Å². The molecule has 6 nitrogen and oxygen atoms in total. The van der Waals surface area contributed by atoms with Gasteiger partial charge in [-0.25, -0.2) is 19.7 Å². The molecule has 0 spiro atoms. The predicted molar refractivity (Wildman–Crippen MR) is 66.1 cm³/mol. The Morgan fingerprint density at radius 2 is 2.17 bits per heavy atom. The first-order chi connectivity index (χ1) is 8.59. The summed E-state index contributed by atoms with van der Waals surface area (Å²) in [6, 6.07) is 5.12. The number of thiazole rings is 1. The molecule has 0 fully saturated rings. The number of anilines is 2. The molecule has 2 heterocycles. The fraction of sp³-hybridized carbons (Fsp3) is 0.0909. The number of amides is 1. The van der Waals surface area contributed by atoms with Crippen LogP contribution in [-0.4, -0.2) is 27.0 Å². The van der Waals surface area contributed by atoms with Gasteiger partial charge in [-0.3, -0.25) is 4.79 Å². The van der Waals surface area contributed by atoms with E-state index in [1.165, 1.54) is 17.2 Å². The second kappa shape index (κ2) is 4.92. The van der Waals surface area contributed by atoms with E-state index >= 15 is 0 Å². The lowest BCUT2D eigenvalue weighted by molar-refractivity contribution is -0.115. The number of aromatic nitrogens is 2. The molecule has 0 aliphatic rings. The van der Waals surface area contributed by atoms with Crippen molar-refractivity contribution in [3.8, 4) is 0 Å². The number of rotatable bonds is 3. The van der Waals surface area contributed by atoms with Crippen molar-refractivity contribution in [1.82, 2.24) is 9.97 Å². The van der Waals surface area contributed by atoms with Crippen molar-refractivity contribution in [2.45, 2.75) is 6.92 Å². The van der Waals surface area contributed by atoms with E-state index in [-0.39, 0.29) is 11.6 Å². The molecular weight excluding hydrogens is 254 g/mol. The van der Waals surface area contributed by atoms with E-state index in [0.29, 0.717) is 10.9 Å². The summed E-state index contributed by atoms with van der Waals surface area (Å²) in [5, 5.41) is 10.5. The molecule has 0 aliphatic heterocycles. The fourth-order valence-electron chi connectivity index (χ4n) is 1.35. The highest BCUT2D eigenvalue weighted by Crippen LogP contribution is 2.27. The second-order valence-corrected chi connectivity index (χ2v) is 4.20. The van der Waals surface area contributed by atoms with Crippen molar-refractivity contribution >= 4 is 34.2 Å². The molecule has 7 heteroatoms. The molecule has 0 bridgehead atoms. The minimum atomic E-state index is -1.12. The summed E-state index contributed by atoms with van der Waals surface area (Å²) >= 11 is 1.08. The lowest BCUT2D eigenvalue weighted by atomic mass is 10.4. The number of aromatic carboxylic acids is 1. The van der Waals surface area contributed by atoms with E-state index < -0.39 is 5.97 Å². The summed E-state index contributed by atoms with van der Waals surface area (Å²) in [5.41, 5.74) is -0.0859. The van der Waals surface area contributed by atoms with E-state index in [1.807, 2.05) is 0 Å². The first-order valence-electron chi connectivity index (χ1n) is 5.00. The molecule has 92 valence electrons. The van der Waals surface area contributed by atoms with Crippen molar-refractivity contribution in [2.24, 2.45) is 0 Å². The van der Waals surface area contributed by atoms with Gasteiger partial charge in [-0.05, 0) is 12.1 Å². The van der Waals surface area contributed by atoms with E-state index in [2.05, 4.69) is 9.97 Å². The van der Waals surface area contributed by atoms with E-state index in [9.17, 15) is 9.59 Å². The Hall–Kier alpha value is -2.28. The molecule has 0 radical (unpaired) electrons. The number of hydrogen-bond donors (Lipinski definition) is 1. The fourth-order valence-corrected chi connectivity index (χ4v) is 2.19. The monoisotopic (exact) mass is 263 g/mol. The third kappa shape index (κ3) is 2.35. The number of hydrogen-bond acceptors (Lipinski definition) is 5. The average Bonchev–Trinajstić information content (AvgIpc) is 2.79. The zero-order valence-corrected chi connectivity index (χ0v) is 10.2. The van der Waals surface area contributed by atoms with Crippen molar-refractivity contribution in [2.75, 3.05) is 4.90 Å². The normalized spacial score (nSPS) is 10.1. The van der Waals surface area contributed by atoms with Crippen LogP contribution >= 0.6 is 11.3 Å². The van der Waals surface area contributed by atoms with Gasteiger partial charge in [-0.2, -0.15) is 0 Å². The highest BCUT2D eigenvalue weighted by atomic mass is 32.1. The minimum absolute atomic E-state index is 0.0859. The lowest BCUT2D eigenvalue weighted by Crippen LogP contribution is -2.23. The summed E-state index contributed by atoms with van der Waals surface area (Å²) in [7, 11) is 0. The molecule has 18 heavy (non-hydrogen) atoms. The Morgan fingerprint density at radius 3 is 2.67 bits per heavy atom. The number of carboxylic acids is 1. The van der Waals surface area contributed by atoms with Crippen LogP contribution in [0.5, 0.6) is 0 Å². The first kappa shape index (κ1) is 12.2. The van der Waals surface area contributed by atoms with Crippen molar-refractivity contribution in [3.63, 3.8) is 0 Å². The number of nitrogens with zero attached hydrogens (tertiary/aromatic N) is 3. The molecule has 2 aromatic rings. The average molecular weight is 263 g/mol. The molecule has 1 N–H and O–H groups in total. The van der Waals surface area contributed by atoms with Gasteiger partial charge < -0.3 is 5.11 Å². The van der Waals surface area contributed by atoms with Crippen LogP contribution in [0.25, 0.3) is 0 Å². The first-order valence-corrected chi connectivity index (χ1v) is 5.88. The van der Waals surface area contributed by atoms with Crippen molar-refractivity contribution in [3.05, 3.63) is 35.5 Å². The van der Waals surface area contributed by atoms with Crippen LogP contribution in [0, 0.1) is 0 Å². The smallest absolute Gasteiger partial charge is 0.355 e. The number of carboxylic acid groups (broad SMARTS) is 1. The van der Waals surface area contributed by atoms with E-state index in [0.717, 1.165) is 11.3 Å². The Balaban J connectivity index is 2.42. The number of pyridine rings is 1. The Morgan fingerprint density at radius 1 is 1.39 bits per heavy atom. The SMILES string of the molecule is CC(=O)N(c1ccccn1)c1nc(C(=O)O)cs1. The highest BCUT2D eigenvalue weighted by Gasteiger charge is 2.20. The summed E-state index contributed by atoms with van der Waals surface area (Å²) in [6.07, 6.45) is 1.55. The largest absolute Gasteiger partial charge is 0.476 e. The minimum Gasteiger partial charge on any atom is -0.476 e. The zero-order chi connectivity index (χ0) is 13.1. The molecule has 0 aliphatic carbocycles. The van der Waals surface area contributed by atoms with E-state index in [1.54, 1.807) is 24.4 Å². The molecule has 0 aromatic carbocycles.